The summed E-state index contributed by atoms with van der Waals surface area (Å²) in [7, 11) is 0. The fourth-order valence-corrected chi connectivity index (χ4v) is 3.23. The van der Waals surface area contributed by atoms with Gasteiger partial charge in [0.2, 0.25) is 0 Å². The summed E-state index contributed by atoms with van der Waals surface area (Å²) in [5, 5.41) is 0. The number of hydrogen-bond donors (Lipinski definition) is 0. The van der Waals surface area contributed by atoms with Gasteiger partial charge in [-0.3, -0.25) is 0 Å². The van der Waals surface area contributed by atoms with E-state index in [4.69, 9.17) is 0 Å². The Hall–Kier alpha value is 0.649. The molecule has 0 aliphatic heterocycles. The average Bonchev–Trinajstić information content (AvgIpc) is 1.77. The van der Waals surface area contributed by atoms with Crippen molar-refractivity contribution in [1.29, 1.82) is 0 Å². The Morgan fingerprint density at radius 1 is 0.571 bits per heavy atom. The molecule has 0 aromatic heterocycles. The van der Waals surface area contributed by atoms with Crippen molar-refractivity contribution < 1.29 is 39.5 Å². The molecule has 0 aromatic rings. The van der Waals surface area contributed by atoms with E-state index in [0.717, 1.165) is 12.7 Å². The third kappa shape index (κ3) is 2.25. The van der Waals surface area contributed by atoms with Gasteiger partial charge in [0.1, 0.15) is 0 Å². The minimum atomic E-state index is -8.40. The van der Waals surface area contributed by atoms with Gasteiger partial charge < -0.3 is 0 Å². The zero-order chi connectivity index (χ0) is 12.0. The van der Waals surface area contributed by atoms with Crippen LogP contribution in [0.5, 0.6) is 0 Å². The van der Waals surface area contributed by atoms with Gasteiger partial charge in [-0.2, -0.15) is 0 Å². The van der Waals surface area contributed by atoms with Crippen LogP contribution >= 0.6 is 12.7 Å². The van der Waals surface area contributed by atoms with Crippen LogP contribution in [0.2, 0.25) is 0 Å². The first kappa shape index (κ1) is 14.6. The Morgan fingerprint density at radius 2 is 0.714 bits per heavy atom. The van der Waals surface area contributed by atoms with Crippen molar-refractivity contribution in [3.05, 3.63) is 0 Å². The zero-order valence-electron chi connectivity index (χ0n) is 5.78. The molecule has 0 aromatic carbocycles. The Labute approximate surface area is 81.1 Å². The molecule has 0 spiro atoms. The quantitative estimate of drug-likeness (QED) is 0.426. The van der Waals surface area contributed by atoms with Crippen LogP contribution in [0.1, 0.15) is 0 Å². The third-order valence-electron chi connectivity index (χ3n) is 1.17. The molecule has 0 aliphatic rings. The summed E-state index contributed by atoms with van der Waals surface area (Å²) in [4.78, 5) is 0. The van der Waals surface area contributed by atoms with E-state index >= 15 is 0 Å². The maximum absolute atomic E-state index is 11.7. The predicted octanol–water partition coefficient (Wildman–Crippen LogP) is 3.63. The molecule has 86 valence electrons. The van der Waals surface area contributed by atoms with Crippen LogP contribution in [0.25, 0.3) is 0 Å². The number of rotatable bonds is 0. The second kappa shape index (κ2) is 3.59. The van der Waals surface area contributed by atoms with Crippen LogP contribution in [0.4, 0.5) is 39.5 Å². The van der Waals surface area contributed by atoms with Crippen molar-refractivity contribution in [3.63, 3.8) is 0 Å². The number of halogens is 10. The van der Waals surface area contributed by atoms with E-state index in [0.29, 0.717) is 0 Å². The molecule has 0 unspecified atom stereocenters. The SMILES string of the molecule is F[C](F)(F)[Sn]([Br])([C](F)(F)F)[C](F)(F)F. The molecule has 0 fully saturated rings. The average molecular weight is 406 g/mol. The van der Waals surface area contributed by atoms with E-state index < -0.39 is 28.7 Å². The molecule has 0 bridgehead atoms. The summed E-state index contributed by atoms with van der Waals surface area (Å²) >= 11 is -7.51. The van der Waals surface area contributed by atoms with Crippen molar-refractivity contribution in [3.8, 4) is 0 Å². The van der Waals surface area contributed by atoms with Gasteiger partial charge in [0.15, 0.2) is 0 Å². The molecule has 0 amide bonds. The van der Waals surface area contributed by atoms with Gasteiger partial charge >= 0.3 is 81.0 Å². The molecule has 0 radical (unpaired) electrons. The van der Waals surface area contributed by atoms with Crippen LogP contribution in [0.15, 0.2) is 0 Å². The van der Waals surface area contributed by atoms with E-state index in [9.17, 15) is 39.5 Å². The van der Waals surface area contributed by atoms with Crippen molar-refractivity contribution in [2.24, 2.45) is 0 Å². The fraction of sp³-hybridized carbons (Fsp3) is 1.00. The van der Waals surface area contributed by atoms with Crippen molar-refractivity contribution in [2.45, 2.75) is 12.6 Å². The van der Waals surface area contributed by atoms with Crippen LogP contribution < -0.4 is 0 Å². The molecule has 0 heterocycles. The molecule has 0 atom stereocenters. The maximum atomic E-state index is 11.7. The molecule has 0 aliphatic carbocycles. The standard InChI is InChI=1S/3CF3.BrH.Sn/c3*2-1(3)4;;/h;;;1H;/q;;;;+1/p-1. The van der Waals surface area contributed by atoms with Gasteiger partial charge in [-0.1, -0.05) is 0 Å². The van der Waals surface area contributed by atoms with Crippen LogP contribution in [0.3, 0.4) is 0 Å². The number of alkyl halides is 9. The van der Waals surface area contributed by atoms with E-state index in [2.05, 4.69) is 0 Å². The minimum absolute atomic E-state index is 0.882. The van der Waals surface area contributed by atoms with Gasteiger partial charge in [-0.05, 0) is 0 Å². The van der Waals surface area contributed by atoms with Crippen LogP contribution in [0, 0.1) is 0 Å². The van der Waals surface area contributed by atoms with Gasteiger partial charge in [0, 0.05) is 0 Å². The first-order chi connectivity index (χ1) is 5.75. The summed E-state index contributed by atoms with van der Waals surface area (Å²) in [5.41, 5.74) is 0. The van der Waals surface area contributed by atoms with Crippen molar-refractivity contribution in [1.82, 2.24) is 0 Å². The number of hydrogen-bond acceptors (Lipinski definition) is 0. The first-order valence-electron chi connectivity index (χ1n) is 2.64. The fourth-order valence-electron chi connectivity index (χ4n) is 0.482. The van der Waals surface area contributed by atoms with E-state index in [-0.39, 0.29) is 0 Å². The van der Waals surface area contributed by atoms with E-state index in [1.807, 2.05) is 0 Å². The Kier molecular flexibility index (Phi) is 3.76. The van der Waals surface area contributed by atoms with Gasteiger partial charge in [0.05, 0.1) is 0 Å². The molecule has 0 nitrogen and oxygen atoms in total. The molecule has 0 saturated heterocycles. The first-order valence-corrected chi connectivity index (χ1v) is 13.3. The normalized spacial score (nSPS) is 15.9. The summed E-state index contributed by atoms with van der Waals surface area (Å²) in [5.74, 6) is 0. The summed E-state index contributed by atoms with van der Waals surface area (Å²) in [6, 6.07) is 0. The Balaban J connectivity index is 5.54. The van der Waals surface area contributed by atoms with Gasteiger partial charge in [-0.15, -0.1) is 0 Å². The van der Waals surface area contributed by atoms with Crippen molar-refractivity contribution in [2.75, 3.05) is 0 Å². The van der Waals surface area contributed by atoms with Crippen molar-refractivity contribution >= 4 is 28.9 Å². The predicted molar refractivity (Wildman–Crippen MR) is 32.8 cm³/mol. The van der Waals surface area contributed by atoms with Crippen LogP contribution in [-0.4, -0.2) is 28.7 Å². The summed E-state index contributed by atoms with van der Waals surface area (Å²) < 4.78 is 86.4. The molecular weight excluding hydrogens is 406 g/mol. The molecule has 0 saturated carbocycles. The third-order valence-corrected chi connectivity index (χ3v) is 16.9. The van der Waals surface area contributed by atoms with Gasteiger partial charge in [-0.25, -0.2) is 0 Å². The molecule has 14 heavy (non-hydrogen) atoms. The topological polar surface area (TPSA) is 0 Å². The Bertz CT molecular complexity index is 174. The summed E-state index contributed by atoms with van der Waals surface area (Å²) in [6.45, 7) is 0. The second-order valence-corrected chi connectivity index (χ2v) is 18.7. The zero-order valence-corrected chi connectivity index (χ0v) is 10.2. The molecular formula is C3BrF9Sn. The van der Waals surface area contributed by atoms with Crippen LogP contribution in [-0.2, 0) is 0 Å². The van der Waals surface area contributed by atoms with E-state index in [1.165, 1.54) is 0 Å². The molecule has 0 rings (SSSR count). The monoisotopic (exact) mass is 406 g/mol. The second-order valence-electron chi connectivity index (χ2n) is 2.15. The molecule has 0 N–H and O–H groups in total. The van der Waals surface area contributed by atoms with E-state index in [1.54, 1.807) is 0 Å². The molecule has 11 heteroatoms. The Morgan fingerprint density at radius 3 is 0.714 bits per heavy atom. The summed E-state index contributed by atoms with van der Waals surface area (Å²) in [6.07, 6.45) is 0. The van der Waals surface area contributed by atoms with Gasteiger partial charge in [0.25, 0.3) is 0 Å².